The summed E-state index contributed by atoms with van der Waals surface area (Å²) in [6.07, 6.45) is 0. The highest BCUT2D eigenvalue weighted by molar-refractivity contribution is 9.11. The molecule has 0 spiro atoms. The van der Waals surface area contributed by atoms with Crippen molar-refractivity contribution in [3.63, 3.8) is 0 Å². The second kappa shape index (κ2) is 6.10. The Morgan fingerprint density at radius 3 is 2.32 bits per heavy atom. The van der Waals surface area contributed by atoms with Gasteiger partial charge in [-0.2, -0.15) is 0 Å². The van der Waals surface area contributed by atoms with Crippen LogP contribution in [0.1, 0.15) is 22.3 Å². The van der Waals surface area contributed by atoms with Crippen LogP contribution in [-0.2, 0) is 6.54 Å². The van der Waals surface area contributed by atoms with Crippen molar-refractivity contribution in [2.45, 2.75) is 27.3 Å². The van der Waals surface area contributed by atoms with Crippen molar-refractivity contribution >= 4 is 37.5 Å². The Labute approximate surface area is 131 Å². The van der Waals surface area contributed by atoms with Crippen molar-refractivity contribution in [1.29, 1.82) is 0 Å². The zero-order valence-corrected chi connectivity index (χ0v) is 14.5. The molecule has 0 bridgehead atoms. The smallest absolute Gasteiger partial charge is 0.0498 e. The molecule has 1 N–H and O–H groups in total. The van der Waals surface area contributed by atoms with Crippen LogP contribution in [0.15, 0.2) is 39.3 Å². The molecule has 0 saturated heterocycles. The van der Waals surface area contributed by atoms with Gasteiger partial charge < -0.3 is 5.32 Å². The van der Waals surface area contributed by atoms with Crippen LogP contribution in [0.3, 0.4) is 0 Å². The van der Waals surface area contributed by atoms with Crippen LogP contribution in [0.4, 0.5) is 5.69 Å². The summed E-state index contributed by atoms with van der Waals surface area (Å²) < 4.78 is 2.16. The lowest BCUT2D eigenvalue weighted by Crippen LogP contribution is -2.03. The molecule has 0 amide bonds. The maximum Gasteiger partial charge on any atom is 0.0498 e. The minimum atomic E-state index is 0.835. The molecule has 2 aromatic carbocycles. The van der Waals surface area contributed by atoms with Crippen LogP contribution in [0.2, 0.25) is 0 Å². The van der Waals surface area contributed by atoms with E-state index in [-0.39, 0.29) is 0 Å². The Bertz CT molecular complexity index is 606. The third-order valence-electron chi connectivity index (χ3n) is 3.35. The van der Waals surface area contributed by atoms with Crippen LogP contribution >= 0.6 is 31.9 Å². The first kappa shape index (κ1) is 14.6. The molecule has 0 aliphatic carbocycles. The number of hydrogen-bond donors (Lipinski definition) is 1. The number of aryl methyl sites for hydroxylation is 3. The normalized spacial score (nSPS) is 10.6. The van der Waals surface area contributed by atoms with E-state index in [1.54, 1.807) is 0 Å². The summed E-state index contributed by atoms with van der Waals surface area (Å²) in [5.41, 5.74) is 6.48. The van der Waals surface area contributed by atoms with Crippen molar-refractivity contribution in [1.82, 2.24) is 0 Å². The van der Waals surface area contributed by atoms with Crippen molar-refractivity contribution in [2.24, 2.45) is 0 Å². The molecular weight excluding hydrogens is 366 g/mol. The summed E-state index contributed by atoms with van der Waals surface area (Å²) in [4.78, 5) is 0. The maximum absolute atomic E-state index is 3.57. The first-order valence-electron chi connectivity index (χ1n) is 6.23. The number of nitrogens with one attached hydrogen (secondary N) is 1. The van der Waals surface area contributed by atoms with Gasteiger partial charge in [-0.25, -0.2) is 0 Å². The van der Waals surface area contributed by atoms with Gasteiger partial charge in [0, 0.05) is 21.2 Å². The van der Waals surface area contributed by atoms with Gasteiger partial charge in [0.2, 0.25) is 0 Å². The zero-order chi connectivity index (χ0) is 14.0. The highest BCUT2D eigenvalue weighted by Crippen LogP contribution is 2.27. The Balaban J connectivity index is 2.19. The number of benzene rings is 2. The monoisotopic (exact) mass is 381 g/mol. The highest BCUT2D eigenvalue weighted by Gasteiger charge is 2.04. The molecule has 100 valence electrons. The van der Waals surface area contributed by atoms with Crippen LogP contribution in [0.5, 0.6) is 0 Å². The third kappa shape index (κ3) is 3.61. The van der Waals surface area contributed by atoms with Gasteiger partial charge in [0.05, 0.1) is 0 Å². The van der Waals surface area contributed by atoms with E-state index in [9.17, 15) is 0 Å². The molecular formula is C16H17Br2N. The highest BCUT2D eigenvalue weighted by atomic mass is 79.9. The summed E-state index contributed by atoms with van der Waals surface area (Å²) in [6.45, 7) is 7.32. The molecule has 0 aromatic heterocycles. The molecule has 19 heavy (non-hydrogen) atoms. The van der Waals surface area contributed by atoms with Gasteiger partial charge in [-0.15, -0.1) is 0 Å². The van der Waals surface area contributed by atoms with Crippen molar-refractivity contribution < 1.29 is 0 Å². The van der Waals surface area contributed by atoms with E-state index in [0.717, 1.165) is 21.2 Å². The molecule has 3 heteroatoms. The topological polar surface area (TPSA) is 12.0 Å². The zero-order valence-electron chi connectivity index (χ0n) is 11.3. The Morgan fingerprint density at radius 1 is 0.895 bits per heavy atom. The van der Waals surface area contributed by atoms with E-state index in [1.807, 2.05) is 12.1 Å². The number of hydrogen-bond acceptors (Lipinski definition) is 1. The van der Waals surface area contributed by atoms with Gasteiger partial charge in [0.15, 0.2) is 0 Å². The number of anilines is 1. The molecule has 0 saturated carbocycles. The second-order valence-corrected chi connectivity index (χ2v) is 6.61. The van der Waals surface area contributed by atoms with Crippen molar-refractivity contribution in [2.75, 3.05) is 5.32 Å². The largest absolute Gasteiger partial charge is 0.380 e. The molecule has 2 rings (SSSR count). The van der Waals surface area contributed by atoms with E-state index < -0.39 is 0 Å². The SMILES string of the molecule is Cc1cc(C)c(CNc2cc(Br)ccc2Br)cc1C. The van der Waals surface area contributed by atoms with E-state index in [1.165, 1.54) is 22.3 Å². The predicted octanol–water partition coefficient (Wildman–Crippen LogP) is 5.75. The average Bonchev–Trinajstić information content (AvgIpc) is 2.36. The van der Waals surface area contributed by atoms with Gasteiger partial charge in [-0.3, -0.25) is 0 Å². The lowest BCUT2D eigenvalue weighted by molar-refractivity contribution is 1.10. The van der Waals surface area contributed by atoms with Crippen molar-refractivity contribution in [3.05, 3.63) is 61.5 Å². The summed E-state index contributed by atoms with van der Waals surface area (Å²) in [5, 5.41) is 3.48. The maximum atomic E-state index is 3.57. The summed E-state index contributed by atoms with van der Waals surface area (Å²) >= 11 is 7.06. The summed E-state index contributed by atoms with van der Waals surface area (Å²) in [7, 11) is 0. The fraction of sp³-hybridized carbons (Fsp3) is 0.250. The van der Waals surface area contributed by atoms with E-state index >= 15 is 0 Å². The standard InChI is InChI=1S/C16H17Br2N/c1-10-6-12(3)13(7-11(10)2)9-19-16-8-14(17)4-5-15(16)18/h4-8,19H,9H2,1-3H3. The fourth-order valence-corrected chi connectivity index (χ4v) is 2.78. The first-order chi connectivity index (χ1) is 8.97. The summed E-state index contributed by atoms with van der Waals surface area (Å²) in [6, 6.07) is 10.7. The number of rotatable bonds is 3. The van der Waals surface area contributed by atoms with Crippen LogP contribution in [-0.4, -0.2) is 0 Å². The molecule has 0 aliphatic heterocycles. The van der Waals surface area contributed by atoms with Gasteiger partial charge in [-0.1, -0.05) is 28.1 Å². The van der Waals surface area contributed by atoms with Crippen molar-refractivity contribution in [3.8, 4) is 0 Å². The average molecular weight is 383 g/mol. The Hall–Kier alpha value is -0.800. The van der Waals surface area contributed by atoms with Crippen LogP contribution in [0, 0.1) is 20.8 Å². The second-order valence-electron chi connectivity index (χ2n) is 4.84. The molecule has 0 unspecified atom stereocenters. The summed E-state index contributed by atoms with van der Waals surface area (Å²) in [5.74, 6) is 0. The molecule has 0 heterocycles. The molecule has 2 aromatic rings. The Morgan fingerprint density at radius 2 is 1.58 bits per heavy atom. The number of halogens is 2. The van der Waals surface area contributed by atoms with Crippen LogP contribution in [0.25, 0.3) is 0 Å². The van der Waals surface area contributed by atoms with E-state index in [0.29, 0.717) is 0 Å². The van der Waals surface area contributed by atoms with Gasteiger partial charge in [-0.05, 0) is 77.2 Å². The predicted molar refractivity (Wildman–Crippen MR) is 89.8 cm³/mol. The van der Waals surface area contributed by atoms with E-state index in [2.05, 4.69) is 76.1 Å². The lowest BCUT2D eigenvalue weighted by Gasteiger charge is -2.13. The minimum Gasteiger partial charge on any atom is -0.380 e. The Kier molecular flexibility index (Phi) is 4.69. The lowest BCUT2D eigenvalue weighted by atomic mass is 10.0. The van der Waals surface area contributed by atoms with Gasteiger partial charge in [0.25, 0.3) is 0 Å². The van der Waals surface area contributed by atoms with Crippen LogP contribution < -0.4 is 5.32 Å². The fourth-order valence-electron chi connectivity index (χ4n) is 2.03. The third-order valence-corrected chi connectivity index (χ3v) is 4.53. The molecule has 0 radical (unpaired) electrons. The molecule has 0 atom stereocenters. The van der Waals surface area contributed by atoms with Gasteiger partial charge >= 0.3 is 0 Å². The first-order valence-corrected chi connectivity index (χ1v) is 7.81. The molecule has 0 fully saturated rings. The van der Waals surface area contributed by atoms with E-state index in [4.69, 9.17) is 0 Å². The van der Waals surface area contributed by atoms with Gasteiger partial charge in [0.1, 0.15) is 0 Å². The molecule has 0 aliphatic rings. The minimum absolute atomic E-state index is 0.835. The quantitative estimate of drug-likeness (QED) is 0.712. The molecule has 1 nitrogen and oxygen atoms in total.